The smallest absolute Gasteiger partial charge is 0.191 e. The average molecular weight is 446 g/mol. The zero-order chi connectivity index (χ0) is 15.8. The fourth-order valence-corrected chi connectivity index (χ4v) is 2.17. The molecule has 0 spiro atoms. The topological polar surface area (TPSA) is 45.7 Å². The van der Waals surface area contributed by atoms with Crippen molar-refractivity contribution in [2.45, 2.75) is 13.1 Å². The molecule has 2 aromatic rings. The van der Waals surface area contributed by atoms with Gasteiger partial charge in [-0.25, -0.2) is 0 Å². The van der Waals surface area contributed by atoms with Crippen LogP contribution < -0.4 is 15.4 Å². The zero-order valence-electron chi connectivity index (χ0n) is 13.2. The van der Waals surface area contributed by atoms with Gasteiger partial charge in [-0.2, -0.15) is 0 Å². The molecule has 0 heterocycles. The normalized spacial score (nSPS) is 10.7. The number of hydrogen-bond donors (Lipinski definition) is 2. The fraction of sp³-hybridized carbons (Fsp3) is 0.235. The Bertz CT molecular complexity index is 632. The van der Waals surface area contributed by atoms with Crippen molar-refractivity contribution in [3.8, 4) is 5.75 Å². The Morgan fingerprint density at radius 3 is 2.30 bits per heavy atom. The molecule has 0 aliphatic heterocycles. The van der Waals surface area contributed by atoms with Crippen LogP contribution in [0, 0.1) is 0 Å². The minimum Gasteiger partial charge on any atom is -0.497 e. The van der Waals surface area contributed by atoms with Crippen molar-refractivity contribution in [2.24, 2.45) is 4.99 Å². The summed E-state index contributed by atoms with van der Waals surface area (Å²) in [7, 11) is 3.41. The number of nitrogens with one attached hydrogen (secondary N) is 2. The van der Waals surface area contributed by atoms with Gasteiger partial charge in [0.15, 0.2) is 5.96 Å². The summed E-state index contributed by atoms with van der Waals surface area (Å²) >= 11 is 6.14. The number of halogens is 2. The number of nitrogens with zero attached hydrogens (tertiary/aromatic N) is 1. The van der Waals surface area contributed by atoms with Gasteiger partial charge in [-0.15, -0.1) is 24.0 Å². The van der Waals surface area contributed by atoms with Crippen molar-refractivity contribution in [2.75, 3.05) is 14.2 Å². The second-order valence-corrected chi connectivity index (χ2v) is 5.13. The summed E-state index contributed by atoms with van der Waals surface area (Å²) in [6.07, 6.45) is 0. The van der Waals surface area contributed by atoms with Crippen LogP contribution in [0.15, 0.2) is 53.5 Å². The molecule has 124 valence electrons. The predicted molar refractivity (Wildman–Crippen MR) is 107 cm³/mol. The van der Waals surface area contributed by atoms with Crippen LogP contribution >= 0.6 is 35.6 Å². The van der Waals surface area contributed by atoms with E-state index >= 15 is 0 Å². The first-order valence-electron chi connectivity index (χ1n) is 7.04. The van der Waals surface area contributed by atoms with E-state index in [-0.39, 0.29) is 24.0 Å². The highest BCUT2D eigenvalue weighted by Gasteiger charge is 2.02. The van der Waals surface area contributed by atoms with E-state index in [0.717, 1.165) is 27.9 Å². The van der Waals surface area contributed by atoms with Crippen molar-refractivity contribution in [1.82, 2.24) is 10.6 Å². The Kier molecular flexibility index (Phi) is 8.79. The number of benzene rings is 2. The van der Waals surface area contributed by atoms with Crippen LogP contribution in [0.4, 0.5) is 0 Å². The van der Waals surface area contributed by atoms with Crippen LogP contribution in [0.2, 0.25) is 5.02 Å². The maximum atomic E-state index is 6.14. The van der Waals surface area contributed by atoms with E-state index < -0.39 is 0 Å². The molecule has 0 saturated carbocycles. The van der Waals surface area contributed by atoms with Gasteiger partial charge in [0.25, 0.3) is 0 Å². The highest BCUT2D eigenvalue weighted by atomic mass is 127. The number of methoxy groups -OCH3 is 1. The molecule has 23 heavy (non-hydrogen) atoms. The summed E-state index contributed by atoms with van der Waals surface area (Å²) in [5.41, 5.74) is 2.19. The maximum Gasteiger partial charge on any atom is 0.191 e. The van der Waals surface area contributed by atoms with Crippen molar-refractivity contribution in [3.05, 3.63) is 64.7 Å². The van der Waals surface area contributed by atoms with E-state index in [2.05, 4.69) is 15.6 Å². The van der Waals surface area contributed by atoms with E-state index in [1.165, 1.54) is 0 Å². The molecule has 0 aromatic heterocycles. The highest BCUT2D eigenvalue weighted by Crippen LogP contribution is 2.14. The number of ether oxygens (including phenoxy) is 1. The van der Waals surface area contributed by atoms with E-state index in [4.69, 9.17) is 16.3 Å². The van der Waals surface area contributed by atoms with Gasteiger partial charge >= 0.3 is 0 Å². The van der Waals surface area contributed by atoms with Gasteiger partial charge in [-0.05, 0) is 29.3 Å². The first kappa shape index (κ1) is 19.6. The molecule has 4 nitrogen and oxygen atoms in total. The molecule has 0 radical (unpaired) electrons. The van der Waals surface area contributed by atoms with Gasteiger partial charge in [0, 0.05) is 25.2 Å². The van der Waals surface area contributed by atoms with Crippen LogP contribution in [-0.4, -0.2) is 20.1 Å². The molecular formula is C17H21ClIN3O. The Morgan fingerprint density at radius 2 is 1.70 bits per heavy atom. The van der Waals surface area contributed by atoms with Gasteiger partial charge in [-0.3, -0.25) is 4.99 Å². The van der Waals surface area contributed by atoms with Gasteiger partial charge in [0.2, 0.25) is 0 Å². The molecule has 0 saturated heterocycles. The minimum atomic E-state index is 0. The standard InChI is InChI=1S/C17H20ClN3O.HI/c1-19-17(21-12-14-5-3-4-6-16(14)18)20-11-13-7-9-15(22-2)10-8-13;/h3-10H,11-12H2,1-2H3,(H2,19,20,21);1H. The maximum absolute atomic E-state index is 6.14. The lowest BCUT2D eigenvalue weighted by molar-refractivity contribution is 0.414. The summed E-state index contributed by atoms with van der Waals surface area (Å²) in [5.74, 6) is 1.58. The molecular weight excluding hydrogens is 425 g/mol. The van der Waals surface area contributed by atoms with Crippen LogP contribution in [0.1, 0.15) is 11.1 Å². The summed E-state index contributed by atoms with van der Waals surface area (Å²) in [6.45, 7) is 1.31. The lowest BCUT2D eigenvalue weighted by Crippen LogP contribution is -2.36. The minimum absolute atomic E-state index is 0. The van der Waals surface area contributed by atoms with Crippen LogP contribution in [0.25, 0.3) is 0 Å². The number of rotatable bonds is 5. The average Bonchev–Trinajstić information content (AvgIpc) is 2.57. The second-order valence-electron chi connectivity index (χ2n) is 4.72. The van der Waals surface area contributed by atoms with Gasteiger partial charge in [-0.1, -0.05) is 41.9 Å². The third kappa shape index (κ3) is 6.27. The number of guanidine groups is 1. The third-order valence-electron chi connectivity index (χ3n) is 3.25. The Morgan fingerprint density at radius 1 is 1.04 bits per heavy atom. The van der Waals surface area contributed by atoms with E-state index in [1.54, 1.807) is 14.2 Å². The van der Waals surface area contributed by atoms with Crippen molar-refractivity contribution in [3.63, 3.8) is 0 Å². The Hall–Kier alpha value is -1.47. The van der Waals surface area contributed by atoms with E-state index in [0.29, 0.717) is 13.1 Å². The lowest BCUT2D eigenvalue weighted by Gasteiger charge is -2.13. The molecule has 0 fully saturated rings. The summed E-state index contributed by atoms with van der Waals surface area (Å²) in [5, 5.41) is 7.27. The largest absolute Gasteiger partial charge is 0.497 e. The lowest BCUT2D eigenvalue weighted by atomic mass is 10.2. The highest BCUT2D eigenvalue weighted by molar-refractivity contribution is 14.0. The fourth-order valence-electron chi connectivity index (χ4n) is 1.97. The summed E-state index contributed by atoms with van der Waals surface area (Å²) < 4.78 is 5.15. The van der Waals surface area contributed by atoms with E-state index in [1.807, 2.05) is 48.5 Å². The number of hydrogen-bond acceptors (Lipinski definition) is 2. The van der Waals surface area contributed by atoms with Crippen molar-refractivity contribution in [1.29, 1.82) is 0 Å². The van der Waals surface area contributed by atoms with Crippen LogP contribution in [0.5, 0.6) is 5.75 Å². The Balaban J connectivity index is 0.00000264. The quantitative estimate of drug-likeness (QED) is 0.418. The third-order valence-corrected chi connectivity index (χ3v) is 3.62. The summed E-state index contributed by atoms with van der Waals surface area (Å²) in [6, 6.07) is 15.7. The molecule has 2 N–H and O–H groups in total. The van der Waals surface area contributed by atoms with Crippen LogP contribution in [0.3, 0.4) is 0 Å². The Labute approximate surface area is 159 Å². The van der Waals surface area contributed by atoms with Crippen molar-refractivity contribution < 1.29 is 4.74 Å². The molecule has 2 rings (SSSR count). The van der Waals surface area contributed by atoms with Gasteiger partial charge < -0.3 is 15.4 Å². The van der Waals surface area contributed by atoms with Gasteiger partial charge in [0.05, 0.1) is 7.11 Å². The number of aliphatic imine (C=N–C) groups is 1. The first-order chi connectivity index (χ1) is 10.7. The molecule has 0 aliphatic rings. The molecule has 0 amide bonds. The van der Waals surface area contributed by atoms with Crippen molar-refractivity contribution >= 4 is 41.5 Å². The van der Waals surface area contributed by atoms with E-state index in [9.17, 15) is 0 Å². The van der Waals surface area contributed by atoms with Gasteiger partial charge in [0.1, 0.15) is 5.75 Å². The zero-order valence-corrected chi connectivity index (χ0v) is 16.3. The molecule has 0 unspecified atom stereocenters. The molecule has 0 atom stereocenters. The first-order valence-corrected chi connectivity index (χ1v) is 7.41. The molecule has 0 aliphatic carbocycles. The molecule has 2 aromatic carbocycles. The molecule has 0 bridgehead atoms. The monoisotopic (exact) mass is 445 g/mol. The SMILES string of the molecule is CN=C(NCc1ccc(OC)cc1)NCc1ccccc1Cl.I. The second kappa shape index (κ2) is 10.3. The van der Waals surface area contributed by atoms with Crippen LogP contribution in [-0.2, 0) is 13.1 Å². The molecule has 6 heteroatoms. The summed E-state index contributed by atoms with van der Waals surface area (Å²) in [4.78, 5) is 4.21. The predicted octanol–water partition coefficient (Wildman–Crippen LogP) is 3.83.